The van der Waals surface area contributed by atoms with Gasteiger partial charge in [-0.25, -0.2) is 0 Å². The van der Waals surface area contributed by atoms with Crippen molar-refractivity contribution in [1.29, 1.82) is 0 Å². The fourth-order valence-electron chi connectivity index (χ4n) is 11.2. The first-order valence-electron chi connectivity index (χ1n) is 12.9. The minimum atomic E-state index is -0.142. The quantitative estimate of drug-likeness (QED) is 0.684. The van der Waals surface area contributed by atoms with Crippen molar-refractivity contribution in [1.82, 2.24) is 10.2 Å². The summed E-state index contributed by atoms with van der Waals surface area (Å²) in [5.41, 5.74) is 2.14. The summed E-state index contributed by atoms with van der Waals surface area (Å²) < 4.78 is 0. The van der Waals surface area contributed by atoms with Gasteiger partial charge < -0.3 is 15.3 Å². The molecule has 0 aromatic rings. The maximum Gasteiger partial charge on any atom is 0.0594 e. The molecule has 3 heteroatoms. The zero-order valence-corrected chi connectivity index (χ0v) is 21.0. The molecule has 5 aliphatic rings. The Morgan fingerprint density at radius 2 is 1.53 bits per heavy atom. The van der Waals surface area contributed by atoms with Gasteiger partial charge >= 0.3 is 0 Å². The van der Waals surface area contributed by atoms with Gasteiger partial charge in [0.05, 0.1) is 6.10 Å². The van der Waals surface area contributed by atoms with Crippen molar-refractivity contribution in [3.63, 3.8) is 0 Å². The predicted octanol–water partition coefficient (Wildman–Crippen LogP) is 4.93. The van der Waals surface area contributed by atoms with Gasteiger partial charge in [-0.2, -0.15) is 0 Å². The van der Waals surface area contributed by atoms with Crippen LogP contribution in [0.2, 0.25) is 0 Å². The molecule has 5 aliphatic carbocycles. The number of nitrogens with one attached hydrogen (secondary N) is 1. The number of fused-ring (bicyclic) bond motifs is 2. The third-order valence-corrected chi connectivity index (χ3v) is 12.9. The van der Waals surface area contributed by atoms with Crippen LogP contribution in [0.4, 0.5) is 0 Å². The normalized spacial score (nSPS) is 57.2. The van der Waals surface area contributed by atoms with Gasteiger partial charge in [0, 0.05) is 18.0 Å². The molecule has 2 N–H and O–H groups in total. The van der Waals surface area contributed by atoms with E-state index in [9.17, 15) is 5.11 Å². The van der Waals surface area contributed by atoms with Crippen LogP contribution in [0.1, 0.15) is 86.0 Å². The molecule has 5 saturated carbocycles. The maximum atomic E-state index is 11.4. The highest BCUT2D eigenvalue weighted by molar-refractivity contribution is 5.31. The van der Waals surface area contributed by atoms with Crippen molar-refractivity contribution in [3.05, 3.63) is 0 Å². The largest absolute Gasteiger partial charge is 0.393 e. The summed E-state index contributed by atoms with van der Waals surface area (Å²) in [5, 5.41) is 15.1. The first-order chi connectivity index (χ1) is 13.9. The fraction of sp³-hybridized carbons (Fsp3) is 1.00. The van der Waals surface area contributed by atoms with Gasteiger partial charge in [0.1, 0.15) is 0 Å². The van der Waals surface area contributed by atoms with Crippen molar-refractivity contribution >= 4 is 0 Å². The Hall–Kier alpha value is -0.120. The van der Waals surface area contributed by atoms with Gasteiger partial charge in [0.15, 0.2) is 0 Å². The second-order valence-corrected chi connectivity index (χ2v) is 13.7. The Bertz CT molecular complexity index is 720. The Labute approximate surface area is 185 Å². The number of aliphatic hydroxyl groups is 1. The molecule has 2 spiro atoms. The maximum absolute atomic E-state index is 11.4. The van der Waals surface area contributed by atoms with Crippen molar-refractivity contribution in [2.45, 2.75) is 104 Å². The Kier molecular flexibility index (Phi) is 4.53. The Balaban J connectivity index is 1.51. The van der Waals surface area contributed by atoms with Crippen LogP contribution in [0.15, 0.2) is 0 Å². The average molecular weight is 417 g/mol. The van der Waals surface area contributed by atoms with Gasteiger partial charge in [-0.3, -0.25) is 0 Å². The van der Waals surface area contributed by atoms with Crippen LogP contribution in [0.25, 0.3) is 0 Å². The highest BCUT2D eigenvalue weighted by atomic mass is 16.3. The smallest absolute Gasteiger partial charge is 0.0594 e. The molecule has 5 fully saturated rings. The molecule has 172 valence electrons. The van der Waals surface area contributed by atoms with Gasteiger partial charge in [-0.05, 0) is 118 Å². The lowest BCUT2D eigenvalue weighted by molar-refractivity contribution is -0.146. The minimum absolute atomic E-state index is 0.142. The summed E-state index contributed by atoms with van der Waals surface area (Å²) in [7, 11) is 6.58. The summed E-state index contributed by atoms with van der Waals surface area (Å²) >= 11 is 0. The second kappa shape index (κ2) is 6.26. The van der Waals surface area contributed by atoms with E-state index >= 15 is 0 Å². The van der Waals surface area contributed by atoms with Crippen LogP contribution >= 0.6 is 0 Å². The number of aliphatic hydroxyl groups excluding tert-OH is 1. The average Bonchev–Trinajstić information content (AvgIpc) is 3.27. The summed E-state index contributed by atoms with van der Waals surface area (Å²) in [5.74, 6) is 2.10. The lowest BCUT2D eigenvalue weighted by Gasteiger charge is -2.63. The van der Waals surface area contributed by atoms with Crippen molar-refractivity contribution < 1.29 is 5.11 Å². The van der Waals surface area contributed by atoms with E-state index in [1.165, 1.54) is 44.9 Å². The highest BCUT2D eigenvalue weighted by Crippen LogP contribution is 2.88. The third-order valence-electron chi connectivity index (χ3n) is 12.9. The molecule has 10 atom stereocenters. The molecular weight excluding hydrogens is 368 g/mol. The molecule has 0 aromatic carbocycles. The zero-order valence-electron chi connectivity index (χ0n) is 21.0. The summed E-state index contributed by atoms with van der Waals surface area (Å²) in [6, 6.07) is 1.11. The lowest BCUT2D eigenvalue weighted by Crippen LogP contribution is -2.59. The van der Waals surface area contributed by atoms with Crippen LogP contribution in [0.3, 0.4) is 0 Å². The van der Waals surface area contributed by atoms with Crippen LogP contribution in [0, 0.1) is 44.8 Å². The Morgan fingerprint density at radius 1 is 0.900 bits per heavy atom. The molecule has 0 aliphatic heterocycles. The molecule has 30 heavy (non-hydrogen) atoms. The summed E-state index contributed by atoms with van der Waals surface area (Å²) in [6.07, 6.45) is 10.7. The molecule has 0 heterocycles. The molecule has 0 radical (unpaired) electrons. The van der Waals surface area contributed by atoms with E-state index < -0.39 is 0 Å². The minimum Gasteiger partial charge on any atom is -0.393 e. The molecule has 0 bridgehead atoms. The van der Waals surface area contributed by atoms with Crippen molar-refractivity contribution in [3.8, 4) is 0 Å². The van der Waals surface area contributed by atoms with Crippen molar-refractivity contribution in [2.75, 3.05) is 21.1 Å². The molecule has 0 amide bonds. The number of hydrogen-bond acceptors (Lipinski definition) is 3. The third kappa shape index (κ3) is 2.24. The van der Waals surface area contributed by atoms with E-state index in [2.05, 4.69) is 66.0 Å². The predicted molar refractivity (Wildman–Crippen MR) is 124 cm³/mol. The molecule has 3 nitrogen and oxygen atoms in total. The van der Waals surface area contributed by atoms with Crippen LogP contribution in [0.5, 0.6) is 0 Å². The van der Waals surface area contributed by atoms with Gasteiger partial charge in [0.25, 0.3) is 0 Å². The second-order valence-electron chi connectivity index (χ2n) is 13.7. The lowest BCUT2D eigenvalue weighted by atomic mass is 9.42. The zero-order chi connectivity index (χ0) is 21.9. The van der Waals surface area contributed by atoms with Crippen LogP contribution in [-0.2, 0) is 0 Å². The molecular formula is C27H48N2O. The highest BCUT2D eigenvalue weighted by Gasteiger charge is 2.82. The molecule has 5 rings (SSSR count). The van der Waals surface area contributed by atoms with E-state index in [-0.39, 0.29) is 16.9 Å². The summed E-state index contributed by atoms with van der Waals surface area (Å²) in [6.45, 7) is 12.7. The monoisotopic (exact) mass is 416 g/mol. The standard InChI is InChI=1S/C27H48N2O/c1-17(29(7)8)22-18(30)15-25(5)20-10-9-19-23(2,3)21(28-6)11-12-26(19)16-27(20,26)14-13-24(22,25)4/h17-22,28,30H,9-16H2,1-8H3/t17-,18+,19-,20?,21-,22-,24+,25-,26+,27-/m0/s1. The molecule has 0 aromatic heterocycles. The SMILES string of the molecule is CN[C@H]1CC[C@]23C[C@]24CC[C@]2(C)[C@@H]([C@H](C)N(C)C)[C@H](O)C[C@@]2(C)C4CC[C@H]3C1(C)C. The number of hydrogen-bond donors (Lipinski definition) is 2. The van der Waals surface area contributed by atoms with Gasteiger partial charge in [-0.15, -0.1) is 0 Å². The van der Waals surface area contributed by atoms with E-state index in [0.717, 1.165) is 18.3 Å². The topological polar surface area (TPSA) is 35.5 Å². The molecule has 1 unspecified atom stereocenters. The van der Waals surface area contributed by atoms with Gasteiger partial charge in [-0.1, -0.05) is 27.7 Å². The fourth-order valence-corrected chi connectivity index (χ4v) is 11.2. The van der Waals surface area contributed by atoms with Crippen LogP contribution in [-0.4, -0.2) is 49.3 Å². The van der Waals surface area contributed by atoms with E-state index in [1.54, 1.807) is 0 Å². The first-order valence-corrected chi connectivity index (χ1v) is 12.9. The van der Waals surface area contributed by atoms with Crippen LogP contribution < -0.4 is 5.32 Å². The molecule has 0 saturated heterocycles. The number of rotatable bonds is 3. The van der Waals surface area contributed by atoms with Gasteiger partial charge in [0.2, 0.25) is 0 Å². The van der Waals surface area contributed by atoms with Crippen molar-refractivity contribution in [2.24, 2.45) is 44.8 Å². The van der Waals surface area contributed by atoms with E-state index in [0.29, 0.717) is 34.2 Å². The van der Waals surface area contributed by atoms with E-state index in [1.807, 2.05) is 0 Å². The number of nitrogens with zero attached hydrogens (tertiary/aromatic N) is 1. The summed E-state index contributed by atoms with van der Waals surface area (Å²) in [4.78, 5) is 2.35. The first kappa shape index (κ1) is 21.7. The van der Waals surface area contributed by atoms with E-state index in [4.69, 9.17) is 0 Å². The Morgan fingerprint density at radius 3 is 2.17 bits per heavy atom.